The molecule has 0 saturated carbocycles. The van der Waals surface area contributed by atoms with E-state index in [9.17, 15) is 17.6 Å². The lowest BCUT2D eigenvalue weighted by Gasteiger charge is -2.19. The summed E-state index contributed by atoms with van der Waals surface area (Å²) in [6.45, 7) is 10.7. The van der Waals surface area contributed by atoms with Crippen molar-refractivity contribution in [1.29, 1.82) is 0 Å². The highest BCUT2D eigenvalue weighted by molar-refractivity contribution is 9.10. The van der Waals surface area contributed by atoms with Gasteiger partial charge in [0.05, 0.1) is 109 Å². The van der Waals surface area contributed by atoms with E-state index in [0.717, 1.165) is 241 Å². The number of ether oxygens (including phenoxy) is 3. The summed E-state index contributed by atoms with van der Waals surface area (Å²) < 4.78 is 86.3. The van der Waals surface area contributed by atoms with E-state index in [1.165, 1.54) is 59.4 Å². The van der Waals surface area contributed by atoms with E-state index < -0.39 is 0 Å². The van der Waals surface area contributed by atoms with Gasteiger partial charge in [0.15, 0.2) is 0 Å². The summed E-state index contributed by atoms with van der Waals surface area (Å²) in [5.74, 6) is 7.07. The molecule has 4 N–H and O–H groups in total. The number of fused-ring (bicyclic) bond motifs is 8. The zero-order valence-corrected chi connectivity index (χ0v) is 85.0. The first kappa shape index (κ1) is 98.4. The van der Waals surface area contributed by atoms with E-state index in [0.29, 0.717) is 82.9 Å². The van der Waals surface area contributed by atoms with Crippen molar-refractivity contribution in [1.82, 2.24) is 97.6 Å². The van der Waals surface area contributed by atoms with E-state index in [1.54, 1.807) is 98.6 Å². The molecule has 20 aromatic rings. The van der Waals surface area contributed by atoms with Crippen LogP contribution in [0.4, 0.5) is 41.4 Å². The van der Waals surface area contributed by atoms with Crippen molar-refractivity contribution in [3.63, 3.8) is 0 Å². The van der Waals surface area contributed by atoms with Crippen molar-refractivity contribution in [2.75, 3.05) is 67.8 Å². The van der Waals surface area contributed by atoms with Crippen molar-refractivity contribution >= 4 is 118 Å². The fraction of sp³-hybridized carbons (Fsp3) is 0.230. The van der Waals surface area contributed by atoms with Crippen molar-refractivity contribution < 1.29 is 31.8 Å². The maximum Gasteiger partial charge on any atom is 0.223 e. The van der Waals surface area contributed by atoms with Crippen LogP contribution in [0.5, 0.6) is 17.2 Å². The quantitative estimate of drug-likeness (QED) is 0.0192. The SMILES string of the molecule is CCCCNc1nccc(-c2c(-c3ccc(F)cc3)nc3n2C(Cn2ccc4ccc(Br)cc42)CC3)n1.CCCNc1nccc(-c2c(-c3ccc(F)cc3)nc3n2C(COc2cc(Cl)nc4ccccc24)CC3)n1.CCNc1nccc(-c2c(-c3ccc(F)cc3)nc3n2C(COc2cc(Cl)nc4ccccc24)CC3)n1.CNc1nccc(-c2c(-c3ccc(F)cc3)nc3n2C(COc2cc(Cl)nc4ccccc24)CC3)n1. The van der Waals surface area contributed by atoms with Gasteiger partial charge in [-0.15, -0.1) is 0 Å². The van der Waals surface area contributed by atoms with Gasteiger partial charge in [-0.3, -0.25) is 0 Å². The number of pyridine rings is 3. The van der Waals surface area contributed by atoms with Crippen molar-refractivity contribution in [3.05, 3.63) is 334 Å². The number of nitrogens with zero attached hydrogens (tertiary/aromatic N) is 20. The van der Waals surface area contributed by atoms with Crippen LogP contribution in [0.2, 0.25) is 15.5 Å². The molecule has 0 aliphatic carbocycles. The summed E-state index contributed by atoms with van der Waals surface area (Å²) in [5.41, 5.74) is 16.7. The monoisotopic (exact) mass is 2100 g/mol. The van der Waals surface area contributed by atoms with Gasteiger partial charge in [-0.1, -0.05) is 113 Å². The van der Waals surface area contributed by atoms with Crippen LogP contribution in [0.3, 0.4) is 0 Å². The molecule has 27 nitrogen and oxygen atoms in total. The molecule has 35 heteroatoms. The fourth-order valence-corrected chi connectivity index (χ4v) is 20.6. The molecule has 0 fully saturated rings. The number of benzene rings is 8. The number of hydrogen-bond donors (Lipinski definition) is 4. The number of anilines is 4. The van der Waals surface area contributed by atoms with E-state index in [2.05, 4.69) is 139 Å². The van der Waals surface area contributed by atoms with Gasteiger partial charge in [-0.25, -0.2) is 92.3 Å². The average Bonchev–Trinajstić information content (AvgIpc) is 1.61. The van der Waals surface area contributed by atoms with Gasteiger partial charge < -0.3 is 58.3 Å². The first-order chi connectivity index (χ1) is 72.4. The summed E-state index contributed by atoms with van der Waals surface area (Å²) in [7, 11) is 1.78. The van der Waals surface area contributed by atoms with Crippen LogP contribution in [0.25, 0.3) is 134 Å². The first-order valence-electron chi connectivity index (χ1n) is 49.4. The molecule has 16 heterocycles. The number of halogens is 8. The first-order valence-corrected chi connectivity index (χ1v) is 51.3. The molecule has 0 radical (unpaired) electrons. The predicted octanol–water partition coefficient (Wildman–Crippen LogP) is 26.3. The molecule has 0 amide bonds. The lowest BCUT2D eigenvalue weighted by molar-refractivity contribution is 0.258. The Balaban J connectivity index is 0.000000116. The van der Waals surface area contributed by atoms with Gasteiger partial charge in [0.1, 0.15) is 99.1 Å². The number of aryl methyl sites for hydroxylation is 4. The molecular weight excluding hydrogens is 2000 g/mol. The third kappa shape index (κ3) is 21.3. The van der Waals surface area contributed by atoms with Crippen LogP contribution in [0, 0.1) is 23.3 Å². The predicted molar refractivity (Wildman–Crippen MR) is 576 cm³/mol. The number of nitrogens with one attached hydrogen (secondary N) is 4. The van der Waals surface area contributed by atoms with Crippen molar-refractivity contribution in [2.24, 2.45) is 0 Å². The van der Waals surface area contributed by atoms with E-state index >= 15 is 0 Å². The summed E-state index contributed by atoms with van der Waals surface area (Å²) in [6.07, 6.45) is 19.2. The third-order valence-corrected chi connectivity index (χ3v) is 27.6. The summed E-state index contributed by atoms with van der Waals surface area (Å²) in [5, 5.41) is 17.9. The van der Waals surface area contributed by atoms with Crippen LogP contribution < -0.4 is 35.5 Å². The van der Waals surface area contributed by atoms with Crippen LogP contribution in [0.15, 0.2) is 272 Å². The van der Waals surface area contributed by atoms with Gasteiger partial charge >= 0.3 is 0 Å². The highest BCUT2D eigenvalue weighted by Crippen LogP contribution is 2.47. The fourth-order valence-electron chi connectivity index (χ4n) is 19.7. The molecule has 0 saturated heterocycles. The lowest BCUT2D eigenvalue weighted by atomic mass is 10.1. The lowest BCUT2D eigenvalue weighted by Crippen LogP contribution is -2.15. The Bertz CT molecular complexity index is 8220. The zero-order chi connectivity index (χ0) is 101. The Morgan fingerprint density at radius 3 is 1.05 bits per heavy atom. The molecular formula is C113H100BrCl3F4N24O3. The molecule has 148 heavy (non-hydrogen) atoms. The number of rotatable bonds is 29. The molecule has 24 rings (SSSR count). The second kappa shape index (κ2) is 44.3. The maximum absolute atomic E-state index is 13.8. The number of unbranched alkanes of at least 4 members (excludes halogenated alkanes) is 1. The van der Waals surface area contributed by atoms with Crippen LogP contribution in [-0.2, 0) is 32.2 Å². The minimum atomic E-state index is -0.291. The van der Waals surface area contributed by atoms with Gasteiger partial charge in [0, 0.05) is 156 Å². The summed E-state index contributed by atoms with van der Waals surface area (Å²) in [6, 6.07) is 70.8. The van der Waals surface area contributed by atoms with Gasteiger partial charge in [-0.2, -0.15) is 0 Å². The highest BCUT2D eigenvalue weighted by atomic mass is 79.9. The van der Waals surface area contributed by atoms with Crippen molar-refractivity contribution in [2.45, 2.75) is 122 Å². The molecule has 12 aromatic heterocycles. The normalized spacial score (nSPS) is 14.7. The molecule has 746 valence electrons. The highest BCUT2D eigenvalue weighted by Gasteiger charge is 2.38. The molecule has 8 aromatic carbocycles. The minimum Gasteiger partial charge on any atom is -0.491 e. The minimum absolute atomic E-state index is 0.0226. The molecule has 0 bridgehead atoms. The maximum atomic E-state index is 13.8. The van der Waals surface area contributed by atoms with Crippen LogP contribution in [0.1, 0.15) is 113 Å². The number of aromatic nitrogens is 20. The zero-order valence-electron chi connectivity index (χ0n) is 81.1. The molecule has 4 aliphatic rings. The average molecular weight is 2100 g/mol. The second-order valence-corrected chi connectivity index (χ2v) is 38.3. The van der Waals surface area contributed by atoms with Crippen LogP contribution >= 0.6 is 50.7 Å². The summed E-state index contributed by atoms with van der Waals surface area (Å²) in [4.78, 5) is 69.8. The molecule has 4 unspecified atom stereocenters. The van der Waals surface area contributed by atoms with Gasteiger partial charge in [0.2, 0.25) is 23.8 Å². The van der Waals surface area contributed by atoms with E-state index in [-0.39, 0.29) is 47.4 Å². The Labute approximate surface area is 873 Å². The molecule has 4 atom stereocenters. The summed E-state index contributed by atoms with van der Waals surface area (Å²) >= 11 is 22.4. The molecule has 4 aliphatic heterocycles. The Morgan fingerprint density at radius 1 is 0.358 bits per heavy atom. The number of para-hydroxylation sites is 3. The topological polar surface area (TPSA) is 294 Å². The van der Waals surface area contributed by atoms with Crippen molar-refractivity contribution in [3.8, 4) is 108 Å². The van der Waals surface area contributed by atoms with E-state index in [4.69, 9.17) is 88.9 Å². The van der Waals surface area contributed by atoms with Gasteiger partial charge in [0.25, 0.3) is 0 Å². The van der Waals surface area contributed by atoms with E-state index in [1.807, 2.05) is 104 Å². The second-order valence-electron chi connectivity index (χ2n) is 36.2. The largest absolute Gasteiger partial charge is 0.491 e. The Morgan fingerprint density at radius 2 is 0.696 bits per heavy atom. The molecule has 0 spiro atoms. The smallest absolute Gasteiger partial charge is 0.223 e. The Kier molecular flexibility index (Phi) is 29.5. The number of imidazole rings is 4. The van der Waals surface area contributed by atoms with Crippen LogP contribution in [-0.4, -0.2) is 144 Å². The van der Waals surface area contributed by atoms with Gasteiger partial charge in [-0.05, 0) is 227 Å². The standard InChI is InChI=1S/C29H28BrFN6.C29H26ClFN6O.C28H24ClFN6O.C27H22ClFN6O/c1-2-3-14-32-29-33-15-12-24(34-29)28-27(20-5-8-22(31)9-6-20)35-26-11-10-23(37(26)28)18-36-16-13-19-4-7-21(30)17-25(19)36;1-2-14-32-29-33-15-13-23(35-29)28-27(18-7-9-19(31)10-8-18)36-26-12-11-20(37(26)28)17-38-24-16-25(30)34-22-6-4-3-5-21(22)24;1-2-31-28-32-14-13-22(34-28)27-26(17-7-9-18(30)10-8-17)35-25-12-11-19(36(25)27)16-37-23-15-24(29)33-21-6-4-3-5-20(21)23;1-30-27-31-13-12-21(33-27)26-25(16-6-8-17(29)9-7-16)34-24-11-10-18(35(24)26)15-36-22-14-23(28)32-20-5-3-2-4-19(20)22/h4-9,12-13,15-17,23H,2-3,10-11,14,18H2,1H3,(H,32,33,34);3-10,13,15-16,20H,2,11-12,14,17H2,1H3,(H,32,33,35);3-10,13-15,19H,2,11-12,16H2,1H3,(H,31,32,34);2-9,12-14,18H,10-11,15H2,1H3,(H,30,31,33). The number of hydrogen-bond acceptors (Lipinski definition) is 22. The Hall–Kier alpha value is -15.6. The third-order valence-electron chi connectivity index (χ3n) is 26.5.